The molecule has 0 saturated carbocycles. The van der Waals surface area contributed by atoms with E-state index in [-0.39, 0.29) is 10.6 Å². The molecule has 86 valence electrons. The van der Waals surface area contributed by atoms with Crippen LogP contribution in [0.5, 0.6) is 0 Å². The van der Waals surface area contributed by atoms with Crippen molar-refractivity contribution in [1.29, 1.82) is 0 Å². The first-order valence-corrected chi connectivity index (χ1v) is 5.49. The Kier molecular flexibility index (Phi) is 4.23. The lowest BCUT2D eigenvalue weighted by molar-refractivity contribution is -0.425. The summed E-state index contributed by atoms with van der Waals surface area (Å²) in [7, 11) is 0. The van der Waals surface area contributed by atoms with Gasteiger partial charge in [0, 0.05) is 12.5 Å². The van der Waals surface area contributed by atoms with E-state index in [4.69, 9.17) is 0 Å². The quantitative estimate of drug-likeness (QED) is 0.570. The lowest BCUT2D eigenvalue weighted by Crippen LogP contribution is -1.96. The molecule has 0 heterocycles. The van der Waals surface area contributed by atoms with Crippen LogP contribution in [0.3, 0.4) is 0 Å². The van der Waals surface area contributed by atoms with Gasteiger partial charge in [-0.1, -0.05) is 45.0 Å². The van der Waals surface area contributed by atoms with Crippen LogP contribution in [0.2, 0.25) is 0 Å². The van der Waals surface area contributed by atoms with Crippen LogP contribution in [0, 0.1) is 10.1 Å². The number of hydrogen-bond acceptors (Lipinski definition) is 2. The molecule has 0 bridgehead atoms. The lowest BCUT2D eigenvalue weighted by atomic mass is 10.0. The minimum atomic E-state index is -0.323. The topological polar surface area (TPSA) is 43.1 Å². The standard InChI is InChI=1S/C13H17NO2/c1-4-13(14(15)16)9-11-5-7-12(8-6-11)10(2)3/h5-10H,4H2,1-3H3/b13-9+. The summed E-state index contributed by atoms with van der Waals surface area (Å²) in [5.41, 5.74) is 2.38. The van der Waals surface area contributed by atoms with Crippen LogP contribution in [-0.4, -0.2) is 4.92 Å². The normalized spacial score (nSPS) is 11.9. The van der Waals surface area contributed by atoms with Crippen LogP contribution in [0.15, 0.2) is 30.0 Å². The Morgan fingerprint density at radius 1 is 1.38 bits per heavy atom. The van der Waals surface area contributed by atoms with Gasteiger partial charge in [-0.2, -0.15) is 0 Å². The molecule has 1 rings (SSSR count). The number of nitrogens with zero attached hydrogens (tertiary/aromatic N) is 1. The Morgan fingerprint density at radius 3 is 2.31 bits per heavy atom. The number of hydrogen-bond donors (Lipinski definition) is 0. The minimum Gasteiger partial charge on any atom is -0.259 e. The molecule has 0 aromatic heterocycles. The second-order valence-corrected chi connectivity index (χ2v) is 4.07. The molecule has 1 aromatic carbocycles. The summed E-state index contributed by atoms with van der Waals surface area (Å²) in [6.45, 7) is 6.04. The van der Waals surface area contributed by atoms with Gasteiger partial charge in [-0.05, 0) is 17.0 Å². The van der Waals surface area contributed by atoms with Gasteiger partial charge in [-0.3, -0.25) is 10.1 Å². The Labute approximate surface area is 95.9 Å². The van der Waals surface area contributed by atoms with Crippen molar-refractivity contribution in [2.75, 3.05) is 0 Å². The van der Waals surface area contributed by atoms with E-state index in [1.165, 1.54) is 5.56 Å². The van der Waals surface area contributed by atoms with Gasteiger partial charge in [0.15, 0.2) is 0 Å². The molecule has 0 aliphatic rings. The van der Waals surface area contributed by atoms with Gasteiger partial charge < -0.3 is 0 Å². The largest absolute Gasteiger partial charge is 0.259 e. The molecule has 3 heteroatoms. The van der Waals surface area contributed by atoms with Crippen LogP contribution >= 0.6 is 0 Å². The summed E-state index contributed by atoms with van der Waals surface area (Å²) in [5, 5.41) is 10.6. The van der Waals surface area contributed by atoms with Gasteiger partial charge in [0.1, 0.15) is 0 Å². The fourth-order valence-corrected chi connectivity index (χ4v) is 1.45. The van der Waals surface area contributed by atoms with Crippen LogP contribution in [-0.2, 0) is 0 Å². The zero-order valence-corrected chi connectivity index (χ0v) is 9.93. The smallest absolute Gasteiger partial charge is 0.246 e. The molecule has 0 radical (unpaired) electrons. The van der Waals surface area contributed by atoms with Crippen molar-refractivity contribution >= 4 is 6.08 Å². The van der Waals surface area contributed by atoms with Crippen molar-refractivity contribution in [3.05, 3.63) is 51.2 Å². The third-order valence-electron chi connectivity index (χ3n) is 2.53. The summed E-state index contributed by atoms with van der Waals surface area (Å²) in [4.78, 5) is 10.3. The highest BCUT2D eigenvalue weighted by atomic mass is 16.6. The average molecular weight is 219 g/mol. The molecule has 0 fully saturated rings. The third-order valence-corrected chi connectivity index (χ3v) is 2.53. The van der Waals surface area contributed by atoms with E-state index >= 15 is 0 Å². The minimum absolute atomic E-state index is 0.247. The molecule has 0 unspecified atom stereocenters. The highest BCUT2D eigenvalue weighted by Gasteiger charge is 2.07. The van der Waals surface area contributed by atoms with Crippen LogP contribution in [0.25, 0.3) is 6.08 Å². The highest BCUT2D eigenvalue weighted by Crippen LogP contribution is 2.17. The van der Waals surface area contributed by atoms with Crippen LogP contribution in [0.1, 0.15) is 44.2 Å². The summed E-state index contributed by atoms with van der Waals surface area (Å²) in [6, 6.07) is 7.89. The molecule has 0 N–H and O–H groups in total. The van der Waals surface area contributed by atoms with E-state index in [2.05, 4.69) is 13.8 Å². The van der Waals surface area contributed by atoms with Gasteiger partial charge in [-0.15, -0.1) is 0 Å². The summed E-state index contributed by atoms with van der Waals surface area (Å²) in [6.07, 6.45) is 2.07. The second-order valence-electron chi connectivity index (χ2n) is 4.07. The summed E-state index contributed by atoms with van der Waals surface area (Å²) in [5.74, 6) is 0.485. The molecule has 0 atom stereocenters. The van der Waals surface area contributed by atoms with Crippen molar-refractivity contribution < 1.29 is 4.92 Å². The van der Waals surface area contributed by atoms with Gasteiger partial charge in [-0.25, -0.2) is 0 Å². The van der Waals surface area contributed by atoms with Crippen molar-refractivity contribution in [3.8, 4) is 0 Å². The van der Waals surface area contributed by atoms with Crippen molar-refractivity contribution in [1.82, 2.24) is 0 Å². The maximum Gasteiger partial charge on any atom is 0.246 e. The number of rotatable bonds is 4. The van der Waals surface area contributed by atoms with Gasteiger partial charge in [0.2, 0.25) is 5.70 Å². The van der Waals surface area contributed by atoms with E-state index in [1.807, 2.05) is 24.3 Å². The Bertz CT molecular complexity index is 391. The highest BCUT2D eigenvalue weighted by molar-refractivity contribution is 5.51. The third kappa shape index (κ3) is 3.19. The first-order chi connectivity index (χ1) is 7.54. The predicted molar refractivity (Wildman–Crippen MR) is 65.8 cm³/mol. The molecule has 0 aliphatic heterocycles. The first kappa shape index (κ1) is 12.4. The summed E-state index contributed by atoms with van der Waals surface area (Å²) >= 11 is 0. The molecule has 0 saturated heterocycles. The molecule has 16 heavy (non-hydrogen) atoms. The Morgan fingerprint density at radius 2 is 1.94 bits per heavy atom. The van der Waals surface area contributed by atoms with E-state index in [0.29, 0.717) is 12.3 Å². The van der Waals surface area contributed by atoms with Crippen molar-refractivity contribution in [2.45, 2.75) is 33.1 Å². The molecular formula is C13H17NO2. The first-order valence-electron chi connectivity index (χ1n) is 5.49. The van der Waals surface area contributed by atoms with Crippen LogP contribution in [0.4, 0.5) is 0 Å². The zero-order chi connectivity index (χ0) is 12.1. The number of nitro groups is 1. The van der Waals surface area contributed by atoms with E-state index in [1.54, 1.807) is 13.0 Å². The van der Waals surface area contributed by atoms with E-state index < -0.39 is 0 Å². The van der Waals surface area contributed by atoms with Crippen molar-refractivity contribution in [3.63, 3.8) is 0 Å². The maximum atomic E-state index is 10.6. The van der Waals surface area contributed by atoms with E-state index in [0.717, 1.165) is 5.56 Å². The van der Waals surface area contributed by atoms with Crippen LogP contribution < -0.4 is 0 Å². The monoisotopic (exact) mass is 219 g/mol. The zero-order valence-electron chi connectivity index (χ0n) is 9.93. The molecule has 1 aromatic rings. The summed E-state index contributed by atoms with van der Waals surface area (Å²) < 4.78 is 0. The SMILES string of the molecule is CC/C(=C\c1ccc(C(C)C)cc1)[N+](=O)[O-]. The van der Waals surface area contributed by atoms with Gasteiger partial charge >= 0.3 is 0 Å². The second kappa shape index (κ2) is 5.45. The molecule has 0 amide bonds. The lowest BCUT2D eigenvalue weighted by Gasteiger charge is -2.04. The molecule has 0 spiro atoms. The van der Waals surface area contributed by atoms with Crippen molar-refractivity contribution in [2.24, 2.45) is 0 Å². The Hall–Kier alpha value is -1.64. The van der Waals surface area contributed by atoms with Gasteiger partial charge in [0.05, 0.1) is 4.92 Å². The molecular weight excluding hydrogens is 202 g/mol. The average Bonchev–Trinajstić information content (AvgIpc) is 2.26. The predicted octanol–water partition coefficient (Wildman–Crippen LogP) is 3.84. The molecule has 0 aliphatic carbocycles. The number of benzene rings is 1. The maximum absolute atomic E-state index is 10.6. The Balaban J connectivity index is 2.94. The fourth-order valence-electron chi connectivity index (χ4n) is 1.45. The fraction of sp³-hybridized carbons (Fsp3) is 0.385. The van der Waals surface area contributed by atoms with Gasteiger partial charge in [0.25, 0.3) is 0 Å². The van der Waals surface area contributed by atoms with E-state index in [9.17, 15) is 10.1 Å². The number of allylic oxidation sites excluding steroid dienone is 1. The molecule has 3 nitrogen and oxygen atoms in total.